The van der Waals surface area contributed by atoms with E-state index in [0.717, 1.165) is 5.56 Å². The Morgan fingerprint density at radius 1 is 1.08 bits per heavy atom. The van der Waals surface area contributed by atoms with E-state index in [-0.39, 0.29) is 24.9 Å². The molecule has 1 aliphatic rings. The highest BCUT2D eigenvalue weighted by Crippen LogP contribution is 2.32. The number of urea groups is 1. The van der Waals surface area contributed by atoms with Crippen LogP contribution in [0.3, 0.4) is 0 Å². The van der Waals surface area contributed by atoms with Crippen LogP contribution in [0, 0.1) is 5.82 Å². The molecule has 3 rings (SSSR count). The molecule has 1 saturated heterocycles. The van der Waals surface area contributed by atoms with Crippen molar-refractivity contribution in [1.82, 2.24) is 10.2 Å². The van der Waals surface area contributed by atoms with Crippen LogP contribution in [0.2, 0.25) is 0 Å². The summed E-state index contributed by atoms with van der Waals surface area (Å²) in [6, 6.07) is 14.4. The monoisotopic (exact) mass is 342 g/mol. The molecule has 1 N–H and O–H groups in total. The van der Waals surface area contributed by atoms with E-state index in [1.807, 2.05) is 37.3 Å². The van der Waals surface area contributed by atoms with Crippen LogP contribution in [0.15, 0.2) is 54.6 Å². The Hall–Kier alpha value is -2.89. The summed E-state index contributed by atoms with van der Waals surface area (Å²) in [4.78, 5) is 26.4. The number of nitrogens with one attached hydrogen (secondary N) is 1. The number of amides is 3. The molecule has 1 fully saturated rings. The van der Waals surface area contributed by atoms with Crippen LogP contribution in [-0.2, 0) is 10.3 Å². The maximum absolute atomic E-state index is 12.9. The van der Waals surface area contributed by atoms with Crippen molar-refractivity contribution < 1.29 is 18.7 Å². The van der Waals surface area contributed by atoms with Crippen LogP contribution < -0.4 is 10.1 Å². The van der Waals surface area contributed by atoms with Crippen molar-refractivity contribution >= 4 is 11.9 Å². The SMILES string of the molecule is CC[C@]1(c2ccccc2)NC(=O)N(CCOc2ccc(F)cc2)C1=O. The van der Waals surface area contributed by atoms with Gasteiger partial charge < -0.3 is 10.1 Å². The van der Waals surface area contributed by atoms with Gasteiger partial charge in [0.15, 0.2) is 0 Å². The van der Waals surface area contributed by atoms with Crippen LogP contribution >= 0.6 is 0 Å². The normalized spacial score (nSPS) is 19.8. The van der Waals surface area contributed by atoms with Crippen molar-refractivity contribution in [3.05, 3.63) is 66.0 Å². The lowest BCUT2D eigenvalue weighted by Crippen LogP contribution is -2.43. The molecule has 0 spiro atoms. The van der Waals surface area contributed by atoms with Crippen LogP contribution in [0.1, 0.15) is 18.9 Å². The highest BCUT2D eigenvalue weighted by molar-refractivity contribution is 6.07. The maximum atomic E-state index is 12.9. The van der Waals surface area contributed by atoms with E-state index < -0.39 is 11.6 Å². The molecule has 130 valence electrons. The van der Waals surface area contributed by atoms with Gasteiger partial charge >= 0.3 is 6.03 Å². The molecule has 1 atom stereocenters. The van der Waals surface area contributed by atoms with Crippen LogP contribution in [0.25, 0.3) is 0 Å². The average molecular weight is 342 g/mol. The number of rotatable bonds is 6. The molecule has 2 aromatic carbocycles. The molecular formula is C19H19FN2O3. The molecule has 25 heavy (non-hydrogen) atoms. The number of carbonyl (C=O) groups excluding carboxylic acids is 2. The van der Waals surface area contributed by atoms with Crippen molar-refractivity contribution in [1.29, 1.82) is 0 Å². The quantitative estimate of drug-likeness (QED) is 0.821. The number of benzene rings is 2. The van der Waals surface area contributed by atoms with E-state index in [1.54, 1.807) is 0 Å². The second-order valence-corrected chi connectivity index (χ2v) is 5.81. The largest absolute Gasteiger partial charge is 0.492 e. The number of hydrogen-bond donors (Lipinski definition) is 1. The molecule has 0 aromatic heterocycles. The minimum atomic E-state index is -1.03. The van der Waals surface area contributed by atoms with E-state index in [2.05, 4.69) is 5.32 Å². The lowest BCUT2D eigenvalue weighted by molar-refractivity contribution is -0.132. The zero-order valence-corrected chi connectivity index (χ0v) is 13.9. The Bertz CT molecular complexity index is 764. The number of hydrogen-bond acceptors (Lipinski definition) is 3. The smallest absolute Gasteiger partial charge is 0.325 e. The van der Waals surface area contributed by atoms with Gasteiger partial charge in [-0.05, 0) is 36.2 Å². The maximum Gasteiger partial charge on any atom is 0.325 e. The third kappa shape index (κ3) is 3.20. The summed E-state index contributed by atoms with van der Waals surface area (Å²) in [5.74, 6) is -0.149. The predicted octanol–water partition coefficient (Wildman–Crippen LogP) is 3.06. The van der Waals surface area contributed by atoms with Gasteiger partial charge in [0.25, 0.3) is 5.91 Å². The molecule has 1 heterocycles. The van der Waals surface area contributed by atoms with Crippen LogP contribution in [0.4, 0.5) is 9.18 Å². The molecule has 2 aromatic rings. The molecule has 5 nitrogen and oxygen atoms in total. The van der Waals surface area contributed by atoms with Crippen molar-refractivity contribution in [2.45, 2.75) is 18.9 Å². The fourth-order valence-electron chi connectivity index (χ4n) is 2.98. The van der Waals surface area contributed by atoms with Crippen molar-refractivity contribution in [3.63, 3.8) is 0 Å². The standard InChI is InChI=1S/C19H19FN2O3/c1-2-19(14-6-4-3-5-7-14)17(23)22(18(24)21-19)12-13-25-16-10-8-15(20)9-11-16/h3-11H,2,12-13H2,1H3,(H,21,24)/t19-/m1/s1. The van der Waals surface area contributed by atoms with Crippen molar-refractivity contribution in [3.8, 4) is 5.75 Å². The van der Waals surface area contributed by atoms with Crippen molar-refractivity contribution in [2.24, 2.45) is 0 Å². The van der Waals surface area contributed by atoms with Gasteiger partial charge in [-0.1, -0.05) is 37.3 Å². The average Bonchev–Trinajstić information content (AvgIpc) is 2.89. The minimum absolute atomic E-state index is 0.122. The van der Waals surface area contributed by atoms with Crippen LogP contribution in [-0.4, -0.2) is 30.0 Å². The van der Waals surface area contributed by atoms with Gasteiger partial charge in [-0.25, -0.2) is 9.18 Å². The third-order valence-corrected chi connectivity index (χ3v) is 4.37. The summed E-state index contributed by atoms with van der Waals surface area (Å²) in [6.07, 6.45) is 0.455. The molecule has 0 saturated carbocycles. The number of halogens is 1. The fourth-order valence-corrected chi connectivity index (χ4v) is 2.98. The summed E-state index contributed by atoms with van der Waals surface area (Å²) >= 11 is 0. The highest BCUT2D eigenvalue weighted by atomic mass is 19.1. The Labute approximate surface area is 145 Å². The summed E-state index contributed by atoms with van der Waals surface area (Å²) in [5.41, 5.74) is -0.272. The highest BCUT2D eigenvalue weighted by Gasteiger charge is 2.50. The Balaban J connectivity index is 1.69. The van der Waals surface area contributed by atoms with Crippen molar-refractivity contribution in [2.75, 3.05) is 13.2 Å². The Morgan fingerprint density at radius 2 is 1.76 bits per heavy atom. The minimum Gasteiger partial charge on any atom is -0.492 e. The van der Waals surface area contributed by atoms with Gasteiger partial charge in [-0.2, -0.15) is 0 Å². The number of ether oxygens (including phenoxy) is 1. The van der Waals surface area contributed by atoms with Gasteiger partial charge in [0.05, 0.1) is 6.54 Å². The van der Waals surface area contributed by atoms with E-state index in [0.29, 0.717) is 12.2 Å². The Kier molecular flexibility index (Phi) is 4.70. The van der Waals surface area contributed by atoms with E-state index >= 15 is 0 Å². The molecule has 0 aliphatic carbocycles. The summed E-state index contributed by atoms with van der Waals surface area (Å²) in [5, 5.41) is 2.82. The molecule has 0 bridgehead atoms. The third-order valence-electron chi connectivity index (χ3n) is 4.37. The first-order valence-corrected chi connectivity index (χ1v) is 8.15. The molecule has 3 amide bonds. The second kappa shape index (κ2) is 6.93. The lowest BCUT2D eigenvalue weighted by atomic mass is 9.87. The van der Waals surface area contributed by atoms with Crippen LogP contribution in [0.5, 0.6) is 5.75 Å². The molecule has 6 heteroatoms. The van der Waals surface area contributed by atoms with Gasteiger partial charge in [0.1, 0.15) is 23.7 Å². The topological polar surface area (TPSA) is 58.6 Å². The second-order valence-electron chi connectivity index (χ2n) is 5.81. The molecular weight excluding hydrogens is 323 g/mol. The van der Waals surface area contributed by atoms with Gasteiger partial charge in [-0.3, -0.25) is 9.69 Å². The fraction of sp³-hybridized carbons (Fsp3) is 0.263. The predicted molar refractivity (Wildman–Crippen MR) is 90.6 cm³/mol. The summed E-state index contributed by atoms with van der Waals surface area (Å²) in [7, 11) is 0. The number of imide groups is 1. The molecule has 0 unspecified atom stereocenters. The lowest BCUT2D eigenvalue weighted by Gasteiger charge is -2.25. The first kappa shape index (κ1) is 17.0. The summed E-state index contributed by atoms with van der Waals surface area (Å²) < 4.78 is 18.4. The number of carbonyl (C=O) groups is 2. The Morgan fingerprint density at radius 3 is 2.40 bits per heavy atom. The number of nitrogens with zero attached hydrogens (tertiary/aromatic N) is 1. The molecule has 0 radical (unpaired) electrons. The van der Waals surface area contributed by atoms with E-state index in [4.69, 9.17) is 4.74 Å². The van der Waals surface area contributed by atoms with Gasteiger partial charge in [-0.15, -0.1) is 0 Å². The van der Waals surface area contributed by atoms with Gasteiger partial charge in [0, 0.05) is 0 Å². The van der Waals surface area contributed by atoms with Gasteiger partial charge in [0.2, 0.25) is 0 Å². The van der Waals surface area contributed by atoms with E-state index in [9.17, 15) is 14.0 Å². The zero-order chi connectivity index (χ0) is 17.9. The zero-order valence-electron chi connectivity index (χ0n) is 13.9. The first-order valence-electron chi connectivity index (χ1n) is 8.15. The summed E-state index contributed by atoms with van der Waals surface area (Å²) in [6.45, 7) is 2.12. The van der Waals surface area contributed by atoms with E-state index in [1.165, 1.54) is 29.2 Å². The molecule has 1 aliphatic heterocycles. The first-order chi connectivity index (χ1) is 12.1.